The number of benzene rings is 1. The number of amides is 1. The smallest absolute Gasteiger partial charge is 0.293 e. The van der Waals surface area contributed by atoms with Gasteiger partial charge in [-0.2, -0.15) is 0 Å². The van der Waals surface area contributed by atoms with Crippen molar-refractivity contribution in [2.45, 2.75) is 50.1 Å². The molecule has 4 aliphatic rings. The van der Waals surface area contributed by atoms with E-state index in [4.69, 9.17) is 14.2 Å². The van der Waals surface area contributed by atoms with Crippen LogP contribution in [-0.4, -0.2) is 56.0 Å². The summed E-state index contributed by atoms with van der Waals surface area (Å²) in [5, 5.41) is 0. The summed E-state index contributed by atoms with van der Waals surface area (Å²) >= 11 is 0. The normalized spacial score (nSPS) is 34.8. The Labute approximate surface area is 154 Å². The molecule has 1 aromatic rings. The van der Waals surface area contributed by atoms with Gasteiger partial charge in [-0.15, -0.1) is 0 Å². The van der Waals surface area contributed by atoms with Crippen LogP contribution in [0.15, 0.2) is 24.3 Å². The zero-order valence-electron chi connectivity index (χ0n) is 15.1. The summed E-state index contributed by atoms with van der Waals surface area (Å²) in [5.41, 5.74) is 1.78. The van der Waals surface area contributed by atoms with E-state index in [9.17, 15) is 4.79 Å². The first-order chi connectivity index (χ1) is 12.8. The lowest BCUT2D eigenvalue weighted by atomic mass is 10.1. The molecule has 0 bridgehead atoms. The maximum Gasteiger partial charge on any atom is 0.293 e. The van der Waals surface area contributed by atoms with Crippen molar-refractivity contribution in [2.24, 2.45) is 0 Å². The fourth-order valence-corrected chi connectivity index (χ4v) is 4.66. The molecule has 1 saturated carbocycles. The highest BCUT2D eigenvalue weighted by molar-refractivity contribution is 6.06. The SMILES string of the molecule is O=C1N(CN2CCOCC2)c2ccccc2C12O[C@H]1CCCCC[C@H]1O2. The van der Waals surface area contributed by atoms with Crippen molar-refractivity contribution in [1.29, 1.82) is 0 Å². The van der Waals surface area contributed by atoms with E-state index in [1.807, 2.05) is 29.2 Å². The molecule has 1 aromatic carbocycles. The van der Waals surface area contributed by atoms with E-state index < -0.39 is 5.79 Å². The molecule has 6 heteroatoms. The van der Waals surface area contributed by atoms with Crippen molar-refractivity contribution in [3.05, 3.63) is 29.8 Å². The van der Waals surface area contributed by atoms with Gasteiger partial charge in [-0.05, 0) is 18.9 Å². The van der Waals surface area contributed by atoms with Crippen molar-refractivity contribution >= 4 is 11.6 Å². The van der Waals surface area contributed by atoms with E-state index in [-0.39, 0.29) is 18.1 Å². The number of rotatable bonds is 2. The average Bonchev–Trinajstić information content (AvgIpc) is 3.05. The first-order valence-corrected chi connectivity index (χ1v) is 9.85. The van der Waals surface area contributed by atoms with Gasteiger partial charge >= 0.3 is 0 Å². The molecule has 0 radical (unpaired) electrons. The number of carbonyl (C=O) groups is 1. The molecule has 6 nitrogen and oxygen atoms in total. The molecule has 3 atom stereocenters. The van der Waals surface area contributed by atoms with E-state index in [0.29, 0.717) is 19.9 Å². The van der Waals surface area contributed by atoms with E-state index in [2.05, 4.69) is 4.90 Å². The largest absolute Gasteiger partial charge is 0.379 e. The molecule has 1 aliphatic carbocycles. The maximum absolute atomic E-state index is 13.5. The Hall–Kier alpha value is -1.47. The third-order valence-corrected chi connectivity index (χ3v) is 6.05. The summed E-state index contributed by atoms with van der Waals surface area (Å²) in [7, 11) is 0. The Bertz CT molecular complexity index is 674. The molecule has 1 unspecified atom stereocenters. The van der Waals surface area contributed by atoms with Crippen molar-refractivity contribution in [1.82, 2.24) is 4.90 Å². The highest BCUT2D eigenvalue weighted by Gasteiger charge is 2.60. The van der Waals surface area contributed by atoms with Crippen LogP contribution in [-0.2, 0) is 24.8 Å². The number of carbonyl (C=O) groups excluding carboxylic acids is 1. The van der Waals surface area contributed by atoms with Crippen LogP contribution in [0.2, 0.25) is 0 Å². The molecule has 0 aromatic heterocycles. The Balaban J connectivity index is 1.46. The Morgan fingerprint density at radius 1 is 1.00 bits per heavy atom. The number of hydrogen-bond acceptors (Lipinski definition) is 5. The number of ether oxygens (including phenoxy) is 3. The average molecular weight is 358 g/mol. The lowest BCUT2D eigenvalue weighted by Crippen LogP contribution is -2.49. The first-order valence-electron chi connectivity index (χ1n) is 9.85. The first kappa shape index (κ1) is 16.7. The van der Waals surface area contributed by atoms with E-state index in [0.717, 1.165) is 50.0 Å². The Morgan fingerprint density at radius 2 is 1.69 bits per heavy atom. The number of nitrogens with zero attached hydrogens (tertiary/aromatic N) is 2. The minimum absolute atomic E-state index is 0.0258. The van der Waals surface area contributed by atoms with Crippen molar-refractivity contribution < 1.29 is 19.0 Å². The van der Waals surface area contributed by atoms with Gasteiger partial charge in [-0.3, -0.25) is 14.6 Å². The van der Waals surface area contributed by atoms with Crippen LogP contribution in [0, 0.1) is 0 Å². The maximum atomic E-state index is 13.5. The van der Waals surface area contributed by atoms with Crippen LogP contribution in [0.4, 0.5) is 5.69 Å². The molecule has 1 spiro atoms. The molecule has 5 rings (SSSR count). The van der Waals surface area contributed by atoms with E-state index >= 15 is 0 Å². The fraction of sp³-hybridized carbons (Fsp3) is 0.650. The number of fused-ring (bicyclic) bond motifs is 3. The van der Waals surface area contributed by atoms with E-state index in [1.54, 1.807) is 0 Å². The van der Waals surface area contributed by atoms with Gasteiger partial charge < -0.3 is 14.2 Å². The summed E-state index contributed by atoms with van der Waals surface area (Å²) < 4.78 is 18.2. The van der Waals surface area contributed by atoms with Crippen LogP contribution in [0.3, 0.4) is 0 Å². The Morgan fingerprint density at radius 3 is 2.42 bits per heavy atom. The molecule has 3 aliphatic heterocycles. The minimum atomic E-state index is -1.24. The molecule has 0 N–H and O–H groups in total. The van der Waals surface area contributed by atoms with Gasteiger partial charge in [-0.1, -0.05) is 37.5 Å². The second kappa shape index (κ2) is 6.60. The predicted octanol–water partition coefficient (Wildman–Crippen LogP) is 2.22. The fourth-order valence-electron chi connectivity index (χ4n) is 4.66. The molecular weight excluding hydrogens is 332 g/mol. The predicted molar refractivity (Wildman–Crippen MR) is 95.7 cm³/mol. The third kappa shape index (κ3) is 2.59. The molecular formula is C20H26N2O4. The molecule has 2 saturated heterocycles. The van der Waals surface area contributed by atoms with Crippen molar-refractivity contribution in [3.8, 4) is 0 Å². The molecule has 140 valence electrons. The number of para-hydroxylation sites is 1. The van der Waals surface area contributed by atoms with Crippen LogP contribution in [0.1, 0.15) is 37.7 Å². The lowest BCUT2D eigenvalue weighted by Gasteiger charge is -2.31. The van der Waals surface area contributed by atoms with Crippen LogP contribution >= 0.6 is 0 Å². The third-order valence-electron chi connectivity index (χ3n) is 6.05. The van der Waals surface area contributed by atoms with Gasteiger partial charge in [0.1, 0.15) is 0 Å². The van der Waals surface area contributed by atoms with Crippen LogP contribution in [0.5, 0.6) is 0 Å². The zero-order chi connectivity index (χ0) is 17.6. The number of morpholine rings is 1. The van der Waals surface area contributed by atoms with Gasteiger partial charge in [0.15, 0.2) is 0 Å². The number of hydrogen-bond donors (Lipinski definition) is 0. The van der Waals surface area contributed by atoms with Crippen LogP contribution < -0.4 is 4.90 Å². The minimum Gasteiger partial charge on any atom is -0.379 e. The summed E-state index contributed by atoms with van der Waals surface area (Å²) in [6, 6.07) is 7.93. The van der Waals surface area contributed by atoms with E-state index in [1.165, 1.54) is 6.42 Å². The van der Waals surface area contributed by atoms with Crippen molar-refractivity contribution in [2.75, 3.05) is 37.9 Å². The monoisotopic (exact) mass is 358 g/mol. The quantitative estimate of drug-likeness (QED) is 0.811. The highest BCUT2D eigenvalue weighted by atomic mass is 16.8. The van der Waals surface area contributed by atoms with Crippen LogP contribution in [0.25, 0.3) is 0 Å². The van der Waals surface area contributed by atoms with Crippen molar-refractivity contribution in [3.63, 3.8) is 0 Å². The lowest BCUT2D eigenvalue weighted by molar-refractivity contribution is -0.191. The number of anilines is 1. The zero-order valence-corrected chi connectivity index (χ0v) is 15.1. The second-order valence-electron chi connectivity index (χ2n) is 7.69. The Kier molecular flexibility index (Phi) is 4.24. The van der Waals surface area contributed by atoms with Gasteiger partial charge in [0, 0.05) is 18.7 Å². The molecule has 26 heavy (non-hydrogen) atoms. The topological polar surface area (TPSA) is 51.2 Å². The highest BCUT2D eigenvalue weighted by Crippen LogP contribution is 2.50. The van der Waals surface area contributed by atoms with Gasteiger partial charge in [0.2, 0.25) is 0 Å². The van der Waals surface area contributed by atoms with Gasteiger partial charge in [0.05, 0.1) is 37.8 Å². The standard InChI is InChI=1S/C20H26N2O4/c23-19-20(25-17-8-2-1-3-9-18(17)26-20)15-6-4-5-7-16(15)22(19)14-21-10-12-24-13-11-21/h4-7,17-18H,1-3,8-14H2/t17-,18+,20?. The summed E-state index contributed by atoms with van der Waals surface area (Å²) in [4.78, 5) is 17.6. The second-order valence-corrected chi connectivity index (χ2v) is 7.69. The van der Waals surface area contributed by atoms with Gasteiger partial charge in [-0.25, -0.2) is 0 Å². The van der Waals surface area contributed by atoms with Gasteiger partial charge in [0.25, 0.3) is 11.7 Å². The molecule has 3 fully saturated rings. The summed E-state index contributed by atoms with van der Waals surface area (Å²) in [6.07, 6.45) is 5.52. The summed E-state index contributed by atoms with van der Waals surface area (Å²) in [6.45, 7) is 3.67. The summed E-state index contributed by atoms with van der Waals surface area (Å²) in [5.74, 6) is -1.31. The molecule has 3 heterocycles. The molecule has 1 amide bonds.